The number of halogens is 1. The van der Waals surface area contributed by atoms with Crippen LogP contribution < -0.4 is 5.32 Å². The summed E-state index contributed by atoms with van der Waals surface area (Å²) in [4.78, 5) is 10.8. The van der Waals surface area contributed by atoms with E-state index in [-0.39, 0.29) is 23.1 Å². The number of aliphatic hydroxyl groups excluding tert-OH is 1. The molecule has 0 aliphatic heterocycles. The Morgan fingerprint density at radius 3 is 2.68 bits per heavy atom. The molecule has 3 N–H and O–H groups in total. The van der Waals surface area contributed by atoms with Crippen molar-refractivity contribution in [2.45, 2.75) is 39.0 Å². The Hall–Kier alpha value is -0.910. The Bertz CT molecular complexity index is 501. The Morgan fingerprint density at radius 1 is 1.53 bits per heavy atom. The summed E-state index contributed by atoms with van der Waals surface area (Å²) in [5.74, 6) is -0.927. The highest BCUT2D eigenvalue weighted by Crippen LogP contribution is 2.40. The Morgan fingerprint density at radius 2 is 2.21 bits per heavy atom. The molecule has 2 unspecified atom stereocenters. The molecular formula is C14H18BrNO3. The predicted octanol–water partition coefficient (Wildman–Crippen LogP) is 2.40. The average molecular weight is 328 g/mol. The van der Waals surface area contributed by atoms with Gasteiger partial charge in [-0.25, -0.2) is 4.79 Å². The molecular weight excluding hydrogens is 310 g/mol. The fourth-order valence-corrected chi connectivity index (χ4v) is 2.82. The maximum absolute atomic E-state index is 10.8. The second kappa shape index (κ2) is 5.23. The molecule has 0 heterocycles. The summed E-state index contributed by atoms with van der Waals surface area (Å²) < 4.78 is 0.789. The van der Waals surface area contributed by atoms with Gasteiger partial charge in [0.15, 0.2) is 0 Å². The van der Waals surface area contributed by atoms with Crippen molar-refractivity contribution in [3.63, 3.8) is 0 Å². The van der Waals surface area contributed by atoms with Crippen LogP contribution >= 0.6 is 15.9 Å². The van der Waals surface area contributed by atoms with E-state index in [9.17, 15) is 9.90 Å². The van der Waals surface area contributed by atoms with E-state index >= 15 is 0 Å². The highest BCUT2D eigenvalue weighted by Gasteiger charge is 2.46. The molecule has 19 heavy (non-hydrogen) atoms. The molecule has 1 fully saturated rings. The Labute approximate surface area is 121 Å². The van der Waals surface area contributed by atoms with Gasteiger partial charge < -0.3 is 15.5 Å². The molecule has 4 nitrogen and oxygen atoms in total. The van der Waals surface area contributed by atoms with Crippen molar-refractivity contribution in [2.24, 2.45) is 5.41 Å². The summed E-state index contributed by atoms with van der Waals surface area (Å²) in [5, 5.41) is 22.0. The largest absolute Gasteiger partial charge is 0.478 e. The van der Waals surface area contributed by atoms with E-state index in [1.54, 1.807) is 12.1 Å². The first-order valence-electron chi connectivity index (χ1n) is 6.25. The van der Waals surface area contributed by atoms with Gasteiger partial charge in [-0.1, -0.05) is 35.8 Å². The van der Waals surface area contributed by atoms with Gasteiger partial charge in [0.1, 0.15) is 0 Å². The number of carbonyl (C=O) groups is 1. The molecule has 0 radical (unpaired) electrons. The van der Waals surface area contributed by atoms with Crippen molar-refractivity contribution in [1.82, 2.24) is 5.32 Å². The molecule has 0 spiro atoms. The first kappa shape index (κ1) is 14.5. The minimum atomic E-state index is -0.927. The monoisotopic (exact) mass is 327 g/mol. The van der Waals surface area contributed by atoms with Crippen LogP contribution in [0.4, 0.5) is 0 Å². The van der Waals surface area contributed by atoms with Gasteiger partial charge in [-0.2, -0.15) is 0 Å². The summed E-state index contributed by atoms with van der Waals surface area (Å²) in [6, 6.07) is 5.31. The van der Waals surface area contributed by atoms with Crippen LogP contribution in [0.5, 0.6) is 0 Å². The molecule has 104 valence electrons. The summed E-state index contributed by atoms with van der Waals surface area (Å²) in [7, 11) is 0. The van der Waals surface area contributed by atoms with Gasteiger partial charge >= 0.3 is 5.97 Å². The summed E-state index contributed by atoms with van der Waals surface area (Å²) in [6.07, 6.45) is 0.514. The zero-order valence-electron chi connectivity index (χ0n) is 11.0. The molecule has 1 aromatic rings. The highest BCUT2D eigenvalue weighted by molar-refractivity contribution is 9.10. The maximum atomic E-state index is 10.8. The van der Waals surface area contributed by atoms with Gasteiger partial charge in [0, 0.05) is 22.5 Å². The fourth-order valence-electron chi connectivity index (χ4n) is 2.31. The molecule has 0 saturated heterocycles. The van der Waals surface area contributed by atoms with Gasteiger partial charge in [0.2, 0.25) is 0 Å². The zero-order chi connectivity index (χ0) is 14.2. The number of carboxylic acids is 1. The van der Waals surface area contributed by atoms with Crippen LogP contribution in [0.3, 0.4) is 0 Å². The molecule has 2 rings (SSSR count). The molecule has 1 saturated carbocycles. The number of aromatic carboxylic acids is 1. The maximum Gasteiger partial charge on any atom is 0.335 e. The normalized spacial score (nSPS) is 24.8. The van der Waals surface area contributed by atoms with Crippen LogP contribution in [0, 0.1) is 5.41 Å². The molecule has 1 aliphatic rings. The second-order valence-electron chi connectivity index (χ2n) is 5.62. The number of aliphatic hydroxyl groups is 1. The molecule has 1 aliphatic carbocycles. The molecule has 0 bridgehead atoms. The molecule has 2 atom stereocenters. The van der Waals surface area contributed by atoms with Crippen molar-refractivity contribution in [2.75, 3.05) is 0 Å². The van der Waals surface area contributed by atoms with Gasteiger partial charge in [-0.05, 0) is 24.1 Å². The minimum Gasteiger partial charge on any atom is -0.478 e. The van der Waals surface area contributed by atoms with Gasteiger partial charge in [0.25, 0.3) is 0 Å². The highest BCUT2D eigenvalue weighted by atomic mass is 79.9. The topological polar surface area (TPSA) is 69.6 Å². The standard InChI is InChI=1S/C14H18BrNO3/c1-14(2)11(6-12(14)17)16-7-9-4-3-8(13(18)19)5-10(9)15/h3-5,11-12,16-17H,6-7H2,1-2H3,(H,18,19). The number of hydrogen-bond acceptors (Lipinski definition) is 3. The van der Waals surface area contributed by atoms with E-state index in [1.807, 2.05) is 19.9 Å². The van der Waals surface area contributed by atoms with E-state index < -0.39 is 5.97 Å². The van der Waals surface area contributed by atoms with Gasteiger partial charge in [-0.15, -0.1) is 0 Å². The van der Waals surface area contributed by atoms with Crippen LogP contribution in [-0.2, 0) is 6.54 Å². The van der Waals surface area contributed by atoms with Gasteiger partial charge in [0.05, 0.1) is 11.7 Å². The Balaban J connectivity index is 1.99. The van der Waals surface area contributed by atoms with Crippen LogP contribution in [-0.4, -0.2) is 28.3 Å². The zero-order valence-corrected chi connectivity index (χ0v) is 12.6. The van der Waals surface area contributed by atoms with E-state index in [0.717, 1.165) is 16.5 Å². The second-order valence-corrected chi connectivity index (χ2v) is 6.47. The lowest BCUT2D eigenvalue weighted by Crippen LogP contribution is -2.59. The lowest BCUT2D eigenvalue weighted by molar-refractivity contribution is -0.0730. The quantitative estimate of drug-likeness (QED) is 0.794. The van der Waals surface area contributed by atoms with E-state index in [1.165, 1.54) is 0 Å². The number of nitrogens with one attached hydrogen (secondary N) is 1. The number of carboxylic acid groups (broad SMARTS) is 1. The van der Waals surface area contributed by atoms with E-state index in [2.05, 4.69) is 21.2 Å². The van der Waals surface area contributed by atoms with Gasteiger partial charge in [-0.3, -0.25) is 0 Å². The molecule has 0 aromatic heterocycles. The van der Waals surface area contributed by atoms with Crippen molar-refractivity contribution in [1.29, 1.82) is 0 Å². The molecule has 0 amide bonds. The van der Waals surface area contributed by atoms with Crippen LogP contribution in [0.2, 0.25) is 0 Å². The third-order valence-electron chi connectivity index (χ3n) is 4.05. The molecule has 1 aromatic carbocycles. The van der Waals surface area contributed by atoms with Crippen LogP contribution in [0.1, 0.15) is 36.2 Å². The van der Waals surface area contributed by atoms with Crippen molar-refractivity contribution >= 4 is 21.9 Å². The predicted molar refractivity (Wildman–Crippen MR) is 76.1 cm³/mol. The fraction of sp³-hybridized carbons (Fsp3) is 0.500. The van der Waals surface area contributed by atoms with E-state index in [4.69, 9.17) is 5.11 Å². The average Bonchev–Trinajstić information content (AvgIpc) is 2.35. The third-order valence-corrected chi connectivity index (χ3v) is 4.79. The third kappa shape index (κ3) is 2.83. The summed E-state index contributed by atoms with van der Waals surface area (Å²) in [6.45, 7) is 4.74. The van der Waals surface area contributed by atoms with Crippen molar-refractivity contribution in [3.8, 4) is 0 Å². The van der Waals surface area contributed by atoms with E-state index in [0.29, 0.717) is 6.54 Å². The minimum absolute atomic E-state index is 0.104. The first-order valence-corrected chi connectivity index (χ1v) is 7.05. The van der Waals surface area contributed by atoms with Crippen LogP contribution in [0.25, 0.3) is 0 Å². The number of hydrogen-bond donors (Lipinski definition) is 3. The lowest BCUT2D eigenvalue weighted by Gasteiger charge is -2.49. The Kier molecular flexibility index (Phi) is 3.99. The molecule has 5 heteroatoms. The van der Waals surface area contributed by atoms with Crippen molar-refractivity contribution in [3.05, 3.63) is 33.8 Å². The van der Waals surface area contributed by atoms with Crippen LogP contribution in [0.15, 0.2) is 22.7 Å². The first-order chi connectivity index (χ1) is 8.82. The number of benzene rings is 1. The summed E-state index contributed by atoms with van der Waals surface area (Å²) in [5.41, 5.74) is 1.19. The smallest absolute Gasteiger partial charge is 0.335 e. The lowest BCUT2D eigenvalue weighted by atomic mass is 9.64. The number of rotatable bonds is 4. The summed E-state index contributed by atoms with van der Waals surface area (Å²) >= 11 is 3.39. The SMILES string of the molecule is CC1(C)C(O)CC1NCc1ccc(C(=O)O)cc1Br. The van der Waals surface area contributed by atoms with Crippen molar-refractivity contribution < 1.29 is 15.0 Å².